The van der Waals surface area contributed by atoms with Crippen molar-refractivity contribution in [1.82, 2.24) is 0 Å². The number of halogens is 1. The minimum absolute atomic E-state index is 0.161. The van der Waals surface area contributed by atoms with E-state index in [4.69, 9.17) is 11.6 Å². The molecule has 0 saturated carbocycles. The maximum absolute atomic E-state index is 11.6. The highest BCUT2D eigenvalue weighted by molar-refractivity contribution is 6.52. The number of aliphatic hydroxyl groups excluding tert-OH is 1. The molecule has 2 heterocycles. The lowest BCUT2D eigenvalue weighted by Crippen LogP contribution is -2.37. The second-order valence-corrected chi connectivity index (χ2v) is 5.68. The molecule has 0 aliphatic carbocycles. The van der Waals surface area contributed by atoms with Gasteiger partial charge in [0.2, 0.25) is 0 Å². The van der Waals surface area contributed by atoms with Crippen molar-refractivity contribution in [2.45, 2.75) is 12.8 Å². The summed E-state index contributed by atoms with van der Waals surface area (Å²) in [6, 6.07) is 3.30. The van der Waals surface area contributed by atoms with E-state index in [1.807, 2.05) is 0 Å². The summed E-state index contributed by atoms with van der Waals surface area (Å²) in [6.45, 7) is 1.75. The average molecular weight is 295 g/mol. The van der Waals surface area contributed by atoms with E-state index in [1.54, 1.807) is 12.1 Å². The molecule has 1 saturated heterocycles. The number of aliphatic hydroxyl groups is 1. The summed E-state index contributed by atoms with van der Waals surface area (Å²) < 4.78 is 0. The first-order chi connectivity index (χ1) is 9.60. The van der Waals surface area contributed by atoms with Crippen molar-refractivity contribution < 1.29 is 14.7 Å². The molecule has 106 valence electrons. The van der Waals surface area contributed by atoms with E-state index in [-0.39, 0.29) is 12.5 Å². The molecule has 3 rings (SSSR count). The van der Waals surface area contributed by atoms with Gasteiger partial charge in [0.25, 0.3) is 11.7 Å². The zero-order chi connectivity index (χ0) is 14.3. The van der Waals surface area contributed by atoms with Gasteiger partial charge in [-0.05, 0) is 30.9 Å². The topological polar surface area (TPSA) is 69.6 Å². The van der Waals surface area contributed by atoms with E-state index >= 15 is 0 Å². The maximum Gasteiger partial charge on any atom is 0.296 e. The van der Waals surface area contributed by atoms with Gasteiger partial charge in [-0.15, -0.1) is 0 Å². The summed E-state index contributed by atoms with van der Waals surface area (Å²) in [7, 11) is 0. The number of hydrogen-bond donors (Lipinski definition) is 2. The van der Waals surface area contributed by atoms with Gasteiger partial charge in [0.05, 0.1) is 22.0 Å². The molecule has 2 N–H and O–H groups in total. The van der Waals surface area contributed by atoms with Crippen molar-refractivity contribution in [2.75, 3.05) is 29.9 Å². The van der Waals surface area contributed by atoms with Gasteiger partial charge in [0.1, 0.15) is 0 Å². The molecule has 1 atom stereocenters. The lowest BCUT2D eigenvalue weighted by Gasteiger charge is -2.34. The van der Waals surface area contributed by atoms with Gasteiger partial charge in [-0.1, -0.05) is 11.6 Å². The number of benzene rings is 1. The van der Waals surface area contributed by atoms with Crippen molar-refractivity contribution in [3.8, 4) is 0 Å². The van der Waals surface area contributed by atoms with Crippen LogP contribution in [-0.4, -0.2) is 36.5 Å². The average Bonchev–Trinajstić information content (AvgIpc) is 2.73. The molecule has 1 aromatic rings. The van der Waals surface area contributed by atoms with Crippen molar-refractivity contribution in [3.05, 3.63) is 22.7 Å². The zero-order valence-electron chi connectivity index (χ0n) is 10.9. The molecule has 20 heavy (non-hydrogen) atoms. The summed E-state index contributed by atoms with van der Waals surface area (Å²) in [5.74, 6) is -0.912. The molecule has 0 aromatic heterocycles. The Hall–Kier alpha value is -1.59. The third-order valence-corrected chi connectivity index (χ3v) is 4.21. The Morgan fingerprint density at radius 2 is 2.20 bits per heavy atom. The number of anilines is 2. The molecule has 1 aromatic carbocycles. The number of carbonyl (C=O) groups is 2. The van der Waals surface area contributed by atoms with E-state index in [9.17, 15) is 14.7 Å². The van der Waals surface area contributed by atoms with Gasteiger partial charge in [-0.3, -0.25) is 9.59 Å². The molecular formula is C14H15ClN2O3. The Bertz CT molecular complexity index is 588. The number of hydrogen-bond acceptors (Lipinski definition) is 4. The minimum Gasteiger partial charge on any atom is -0.396 e. The number of nitrogens with one attached hydrogen (secondary N) is 1. The van der Waals surface area contributed by atoms with Crippen LogP contribution in [0.15, 0.2) is 12.1 Å². The second-order valence-electron chi connectivity index (χ2n) is 5.27. The van der Waals surface area contributed by atoms with Crippen LogP contribution >= 0.6 is 11.6 Å². The predicted octanol–water partition coefficient (Wildman–Crippen LogP) is 1.68. The molecule has 1 fully saturated rings. The molecule has 0 radical (unpaired) electrons. The van der Waals surface area contributed by atoms with Crippen molar-refractivity contribution in [1.29, 1.82) is 0 Å². The standard InChI is InChI=1S/C14H15ClN2O3/c15-10-4-9-11(16-14(20)13(9)19)5-12(10)17-3-1-2-8(6-17)7-18/h4-5,8,18H,1-3,6-7H2,(H,16,19,20). The number of piperidine rings is 1. The highest BCUT2D eigenvalue weighted by atomic mass is 35.5. The first kappa shape index (κ1) is 13.4. The van der Waals surface area contributed by atoms with Gasteiger partial charge in [0.15, 0.2) is 0 Å². The Balaban J connectivity index is 1.93. The molecular weight excluding hydrogens is 280 g/mol. The zero-order valence-corrected chi connectivity index (χ0v) is 11.6. The molecule has 2 aliphatic heterocycles. The van der Waals surface area contributed by atoms with Crippen LogP contribution in [-0.2, 0) is 4.79 Å². The third kappa shape index (κ3) is 2.17. The van der Waals surface area contributed by atoms with Gasteiger partial charge in [-0.25, -0.2) is 0 Å². The SMILES string of the molecule is O=C1Nc2cc(N3CCCC(CO)C3)c(Cl)cc2C1=O. The number of Topliss-reactive ketones (excluding diaryl/α,β-unsaturated/α-hetero) is 1. The van der Waals surface area contributed by atoms with Crippen molar-refractivity contribution in [2.24, 2.45) is 5.92 Å². The van der Waals surface area contributed by atoms with E-state index < -0.39 is 11.7 Å². The Kier molecular flexibility index (Phi) is 3.40. The molecule has 5 nitrogen and oxygen atoms in total. The summed E-state index contributed by atoms with van der Waals surface area (Å²) in [4.78, 5) is 25.1. The van der Waals surface area contributed by atoms with Crippen LogP contribution in [0.1, 0.15) is 23.2 Å². The third-order valence-electron chi connectivity index (χ3n) is 3.90. The number of nitrogens with zero attached hydrogens (tertiary/aromatic N) is 1. The van der Waals surface area contributed by atoms with E-state index in [2.05, 4.69) is 10.2 Å². The van der Waals surface area contributed by atoms with Gasteiger partial charge >= 0.3 is 0 Å². The lowest BCUT2D eigenvalue weighted by atomic mass is 9.98. The maximum atomic E-state index is 11.6. The fraction of sp³-hybridized carbons (Fsp3) is 0.429. The number of ketones is 1. The molecule has 0 spiro atoms. The molecule has 2 aliphatic rings. The molecule has 6 heteroatoms. The van der Waals surface area contributed by atoms with Crippen molar-refractivity contribution >= 4 is 34.7 Å². The molecule has 0 bridgehead atoms. The van der Waals surface area contributed by atoms with Crippen molar-refractivity contribution in [3.63, 3.8) is 0 Å². The first-order valence-corrected chi connectivity index (χ1v) is 7.03. The fourth-order valence-electron chi connectivity index (χ4n) is 2.83. The highest BCUT2D eigenvalue weighted by Gasteiger charge is 2.30. The summed E-state index contributed by atoms with van der Waals surface area (Å²) >= 11 is 6.25. The smallest absolute Gasteiger partial charge is 0.296 e. The molecule has 1 unspecified atom stereocenters. The van der Waals surface area contributed by atoms with Crippen LogP contribution < -0.4 is 10.2 Å². The Morgan fingerprint density at radius 3 is 2.95 bits per heavy atom. The van der Waals surface area contributed by atoms with Gasteiger partial charge < -0.3 is 15.3 Å². The lowest BCUT2D eigenvalue weighted by molar-refractivity contribution is -0.112. The Morgan fingerprint density at radius 1 is 1.40 bits per heavy atom. The van der Waals surface area contributed by atoms with Gasteiger partial charge in [0, 0.05) is 19.7 Å². The van der Waals surface area contributed by atoms with Gasteiger partial charge in [-0.2, -0.15) is 0 Å². The van der Waals surface area contributed by atoms with E-state index in [0.29, 0.717) is 16.3 Å². The van der Waals surface area contributed by atoms with Crippen LogP contribution in [0.3, 0.4) is 0 Å². The number of fused-ring (bicyclic) bond motifs is 1. The number of amides is 1. The monoisotopic (exact) mass is 294 g/mol. The number of carbonyl (C=O) groups excluding carboxylic acids is 2. The summed E-state index contributed by atoms with van der Waals surface area (Å²) in [5.41, 5.74) is 1.66. The largest absolute Gasteiger partial charge is 0.396 e. The normalized spacial score (nSPS) is 21.9. The summed E-state index contributed by atoms with van der Waals surface area (Å²) in [5, 5.41) is 12.3. The fourth-order valence-corrected chi connectivity index (χ4v) is 3.11. The number of rotatable bonds is 2. The highest BCUT2D eigenvalue weighted by Crippen LogP contribution is 2.36. The van der Waals surface area contributed by atoms with E-state index in [1.165, 1.54) is 0 Å². The first-order valence-electron chi connectivity index (χ1n) is 6.65. The second kappa shape index (κ2) is 5.07. The van der Waals surface area contributed by atoms with Crippen LogP contribution in [0, 0.1) is 5.92 Å². The molecule has 1 amide bonds. The Labute approximate surface area is 121 Å². The summed E-state index contributed by atoms with van der Waals surface area (Å²) in [6.07, 6.45) is 1.99. The predicted molar refractivity (Wildman–Crippen MR) is 76.4 cm³/mol. The quantitative estimate of drug-likeness (QED) is 0.814. The van der Waals surface area contributed by atoms with Crippen LogP contribution in [0.25, 0.3) is 0 Å². The van der Waals surface area contributed by atoms with E-state index in [0.717, 1.165) is 31.6 Å². The minimum atomic E-state index is -0.611. The van der Waals surface area contributed by atoms with Crippen LogP contribution in [0.2, 0.25) is 5.02 Å². The van der Waals surface area contributed by atoms with Crippen LogP contribution in [0.4, 0.5) is 11.4 Å². The van der Waals surface area contributed by atoms with Crippen LogP contribution in [0.5, 0.6) is 0 Å².